The van der Waals surface area contributed by atoms with Crippen LogP contribution in [0.4, 0.5) is 0 Å². The average molecular weight is 326 g/mol. The van der Waals surface area contributed by atoms with Gasteiger partial charge in [0.1, 0.15) is 5.03 Å². The van der Waals surface area contributed by atoms with E-state index in [-0.39, 0.29) is 5.91 Å². The Labute approximate surface area is 142 Å². The molecule has 0 atom stereocenters. The Morgan fingerprint density at radius 3 is 2.57 bits per heavy atom. The van der Waals surface area contributed by atoms with Crippen molar-refractivity contribution in [1.29, 1.82) is 0 Å². The number of amides is 1. The smallest absolute Gasteiger partial charge is 0.256 e. The zero-order valence-electron chi connectivity index (χ0n) is 13.4. The summed E-state index contributed by atoms with van der Waals surface area (Å²) in [5.74, 6) is 0.0865. The molecule has 120 valence electrons. The topological polar surface area (TPSA) is 33.2 Å². The fraction of sp³-hybridized carbons (Fsp3) is 0.368. The number of pyridine rings is 1. The highest BCUT2D eigenvalue weighted by molar-refractivity contribution is 7.99. The quantitative estimate of drug-likeness (QED) is 0.821. The summed E-state index contributed by atoms with van der Waals surface area (Å²) in [5.41, 5.74) is 0.703. The van der Waals surface area contributed by atoms with Gasteiger partial charge in [-0.05, 0) is 37.1 Å². The monoisotopic (exact) mass is 326 g/mol. The van der Waals surface area contributed by atoms with Gasteiger partial charge in [-0.1, -0.05) is 49.2 Å². The molecule has 0 spiro atoms. The Morgan fingerprint density at radius 2 is 1.83 bits per heavy atom. The van der Waals surface area contributed by atoms with Crippen LogP contribution in [0.15, 0.2) is 58.6 Å². The van der Waals surface area contributed by atoms with Gasteiger partial charge >= 0.3 is 0 Å². The lowest BCUT2D eigenvalue weighted by Gasteiger charge is -2.31. The van der Waals surface area contributed by atoms with Gasteiger partial charge in [0.25, 0.3) is 5.91 Å². The largest absolute Gasteiger partial charge is 0.339 e. The fourth-order valence-corrected chi connectivity index (χ4v) is 3.95. The molecule has 1 amide bonds. The molecule has 0 radical (unpaired) electrons. The molecule has 1 heterocycles. The van der Waals surface area contributed by atoms with Crippen LogP contribution < -0.4 is 0 Å². The predicted molar refractivity (Wildman–Crippen MR) is 93.8 cm³/mol. The molecule has 1 aliphatic carbocycles. The van der Waals surface area contributed by atoms with E-state index in [1.54, 1.807) is 18.0 Å². The summed E-state index contributed by atoms with van der Waals surface area (Å²) in [4.78, 5) is 20.4. The van der Waals surface area contributed by atoms with Crippen molar-refractivity contribution in [2.45, 2.75) is 48.1 Å². The van der Waals surface area contributed by atoms with Crippen molar-refractivity contribution in [2.24, 2.45) is 0 Å². The van der Waals surface area contributed by atoms with Gasteiger partial charge in [0, 0.05) is 24.2 Å². The van der Waals surface area contributed by atoms with Gasteiger partial charge in [0.15, 0.2) is 0 Å². The van der Waals surface area contributed by atoms with Crippen LogP contribution in [-0.4, -0.2) is 28.9 Å². The Balaban J connectivity index is 1.80. The maximum absolute atomic E-state index is 12.9. The molecule has 3 nitrogen and oxygen atoms in total. The third-order valence-corrected chi connectivity index (χ3v) is 5.43. The van der Waals surface area contributed by atoms with Crippen molar-refractivity contribution in [3.05, 3.63) is 54.2 Å². The first kappa shape index (κ1) is 16.1. The van der Waals surface area contributed by atoms with E-state index in [1.165, 1.54) is 19.3 Å². The van der Waals surface area contributed by atoms with Gasteiger partial charge < -0.3 is 4.90 Å². The summed E-state index contributed by atoms with van der Waals surface area (Å²) >= 11 is 1.55. The van der Waals surface area contributed by atoms with Gasteiger partial charge in [0.05, 0.1) is 5.56 Å². The number of carbonyl (C=O) groups excluding carboxylic acids is 1. The van der Waals surface area contributed by atoms with E-state index in [4.69, 9.17) is 0 Å². The molecule has 4 heteroatoms. The van der Waals surface area contributed by atoms with Crippen LogP contribution in [0.5, 0.6) is 0 Å². The minimum atomic E-state index is 0.0865. The highest BCUT2D eigenvalue weighted by atomic mass is 32.2. The fourth-order valence-electron chi connectivity index (χ4n) is 3.06. The van der Waals surface area contributed by atoms with Crippen molar-refractivity contribution in [3.8, 4) is 0 Å². The van der Waals surface area contributed by atoms with Gasteiger partial charge in [-0.2, -0.15) is 0 Å². The highest BCUT2D eigenvalue weighted by Gasteiger charge is 2.25. The summed E-state index contributed by atoms with van der Waals surface area (Å²) in [6.45, 7) is 0. The lowest BCUT2D eigenvalue weighted by atomic mass is 9.94. The number of carbonyl (C=O) groups is 1. The van der Waals surface area contributed by atoms with Crippen molar-refractivity contribution in [1.82, 2.24) is 9.88 Å². The van der Waals surface area contributed by atoms with Crippen LogP contribution in [0, 0.1) is 0 Å². The van der Waals surface area contributed by atoms with E-state index < -0.39 is 0 Å². The molecule has 1 fully saturated rings. The molecular formula is C19H22N2OS. The number of hydrogen-bond donors (Lipinski definition) is 0. The SMILES string of the molecule is CN(C(=O)c1cccnc1Sc1ccccc1)C1CCCCC1. The molecule has 3 rings (SSSR count). The van der Waals surface area contributed by atoms with E-state index in [0.717, 1.165) is 22.8 Å². The zero-order chi connectivity index (χ0) is 16.1. The Morgan fingerprint density at radius 1 is 1.09 bits per heavy atom. The maximum Gasteiger partial charge on any atom is 0.256 e. The van der Waals surface area contributed by atoms with E-state index in [0.29, 0.717) is 11.6 Å². The third-order valence-electron chi connectivity index (χ3n) is 4.40. The number of aromatic nitrogens is 1. The van der Waals surface area contributed by atoms with Crippen molar-refractivity contribution >= 4 is 17.7 Å². The average Bonchev–Trinajstić information content (AvgIpc) is 2.62. The standard InChI is InChI=1S/C19H22N2OS/c1-21(15-9-4-2-5-10-15)19(22)17-13-8-14-20-18(17)23-16-11-6-3-7-12-16/h3,6-8,11-15H,2,4-5,9-10H2,1H3. The van der Waals surface area contributed by atoms with Gasteiger partial charge in [-0.25, -0.2) is 4.98 Å². The third kappa shape index (κ3) is 3.94. The Bertz CT molecular complexity index is 653. The summed E-state index contributed by atoms with van der Waals surface area (Å²) in [6, 6.07) is 14.2. The number of rotatable bonds is 4. The maximum atomic E-state index is 12.9. The summed E-state index contributed by atoms with van der Waals surface area (Å²) in [6.07, 6.45) is 7.72. The Hall–Kier alpha value is -1.81. The van der Waals surface area contributed by atoms with Crippen LogP contribution in [0.25, 0.3) is 0 Å². The first-order chi connectivity index (χ1) is 11.3. The molecule has 0 unspecified atom stereocenters. The van der Waals surface area contributed by atoms with Gasteiger partial charge in [0.2, 0.25) is 0 Å². The highest BCUT2D eigenvalue weighted by Crippen LogP contribution is 2.30. The van der Waals surface area contributed by atoms with Crippen LogP contribution in [0.3, 0.4) is 0 Å². The van der Waals surface area contributed by atoms with E-state index in [2.05, 4.69) is 4.98 Å². The number of nitrogens with zero attached hydrogens (tertiary/aromatic N) is 2. The second-order valence-electron chi connectivity index (χ2n) is 5.98. The van der Waals surface area contributed by atoms with Crippen LogP contribution >= 0.6 is 11.8 Å². The second kappa shape index (κ2) is 7.64. The molecule has 0 N–H and O–H groups in total. The number of hydrogen-bond acceptors (Lipinski definition) is 3. The van der Waals surface area contributed by atoms with E-state index >= 15 is 0 Å². The predicted octanol–water partition coefficient (Wildman–Crippen LogP) is 4.64. The lowest BCUT2D eigenvalue weighted by molar-refractivity contribution is 0.0692. The molecule has 0 bridgehead atoms. The van der Waals surface area contributed by atoms with Crippen molar-refractivity contribution in [3.63, 3.8) is 0 Å². The molecule has 23 heavy (non-hydrogen) atoms. The molecule has 1 aliphatic rings. The van der Waals surface area contributed by atoms with Gasteiger partial charge in [-0.15, -0.1) is 0 Å². The summed E-state index contributed by atoms with van der Waals surface area (Å²) in [5, 5.41) is 0.784. The van der Waals surface area contributed by atoms with Crippen LogP contribution in [0.1, 0.15) is 42.5 Å². The van der Waals surface area contributed by atoms with Gasteiger partial charge in [-0.3, -0.25) is 4.79 Å². The molecule has 1 saturated carbocycles. The normalized spacial score (nSPS) is 15.3. The second-order valence-corrected chi connectivity index (χ2v) is 7.04. The van der Waals surface area contributed by atoms with Crippen molar-refractivity contribution < 1.29 is 4.79 Å². The number of benzene rings is 1. The van der Waals surface area contributed by atoms with Crippen molar-refractivity contribution in [2.75, 3.05) is 7.05 Å². The molecule has 2 aromatic rings. The lowest BCUT2D eigenvalue weighted by Crippen LogP contribution is -2.38. The van der Waals surface area contributed by atoms with Crippen LogP contribution in [0.2, 0.25) is 0 Å². The molecule has 0 aliphatic heterocycles. The molecule has 1 aromatic heterocycles. The minimum Gasteiger partial charge on any atom is -0.339 e. The first-order valence-corrected chi connectivity index (χ1v) is 9.02. The summed E-state index contributed by atoms with van der Waals surface area (Å²) in [7, 11) is 1.93. The minimum absolute atomic E-state index is 0.0865. The van der Waals surface area contributed by atoms with Crippen LogP contribution in [-0.2, 0) is 0 Å². The molecule has 1 aromatic carbocycles. The van der Waals surface area contributed by atoms with E-state index in [9.17, 15) is 4.79 Å². The summed E-state index contributed by atoms with van der Waals surface area (Å²) < 4.78 is 0. The Kier molecular flexibility index (Phi) is 5.34. The first-order valence-electron chi connectivity index (χ1n) is 8.21. The van der Waals surface area contributed by atoms with E-state index in [1.807, 2.05) is 54.4 Å². The molecule has 0 saturated heterocycles. The zero-order valence-corrected chi connectivity index (χ0v) is 14.3. The molecular weight excluding hydrogens is 304 g/mol.